The van der Waals surface area contributed by atoms with E-state index < -0.39 is 0 Å². The number of nitrogens with zero attached hydrogens (tertiary/aromatic N) is 2. The van der Waals surface area contributed by atoms with Gasteiger partial charge in [0.1, 0.15) is 11.5 Å². The first kappa shape index (κ1) is 18.3. The Morgan fingerprint density at radius 1 is 1.32 bits per heavy atom. The lowest BCUT2D eigenvalue weighted by Crippen LogP contribution is -2.51. The second-order valence-electron chi connectivity index (χ2n) is 6.51. The van der Waals surface area contributed by atoms with Crippen molar-refractivity contribution in [2.75, 3.05) is 26.2 Å². The van der Waals surface area contributed by atoms with Crippen LogP contribution in [0.3, 0.4) is 0 Å². The summed E-state index contributed by atoms with van der Waals surface area (Å²) in [5.41, 5.74) is 1.04. The summed E-state index contributed by atoms with van der Waals surface area (Å²) in [7, 11) is 0. The Labute approximate surface area is 157 Å². The highest BCUT2D eigenvalue weighted by Crippen LogP contribution is 2.24. The van der Waals surface area contributed by atoms with Crippen LogP contribution in [0.4, 0.5) is 4.79 Å². The van der Waals surface area contributed by atoms with Crippen molar-refractivity contribution in [3.63, 3.8) is 0 Å². The molecule has 2 aromatic heterocycles. The zero-order chi connectivity index (χ0) is 18.0. The van der Waals surface area contributed by atoms with Gasteiger partial charge < -0.3 is 14.6 Å². The molecule has 7 heteroatoms. The molecule has 2 aromatic rings. The van der Waals surface area contributed by atoms with Crippen LogP contribution < -0.4 is 5.32 Å². The average Bonchev–Trinajstić information content (AvgIpc) is 3.12. The molecule has 5 nitrogen and oxygen atoms in total. The third-order valence-electron chi connectivity index (χ3n) is 4.55. The summed E-state index contributed by atoms with van der Waals surface area (Å²) in [5.74, 6) is 1.74. The number of amides is 2. The number of piperazine rings is 1. The maximum absolute atomic E-state index is 12.5. The van der Waals surface area contributed by atoms with Crippen LogP contribution in [-0.2, 0) is 6.54 Å². The fourth-order valence-corrected chi connectivity index (χ4v) is 4.33. The van der Waals surface area contributed by atoms with Gasteiger partial charge in [-0.1, -0.05) is 11.6 Å². The van der Waals surface area contributed by atoms with Gasteiger partial charge in [-0.15, -0.1) is 11.3 Å². The van der Waals surface area contributed by atoms with Crippen LogP contribution in [0.1, 0.15) is 34.9 Å². The van der Waals surface area contributed by atoms with E-state index >= 15 is 0 Å². The van der Waals surface area contributed by atoms with Crippen LogP contribution in [0, 0.1) is 13.8 Å². The molecular weight excluding hydrogens is 358 g/mol. The van der Waals surface area contributed by atoms with Crippen molar-refractivity contribution in [2.24, 2.45) is 0 Å². The fraction of sp³-hybridized carbons (Fsp3) is 0.500. The Bertz CT molecular complexity index is 735. The van der Waals surface area contributed by atoms with Gasteiger partial charge in [0.2, 0.25) is 0 Å². The minimum atomic E-state index is -0.0590. The number of thiophene rings is 1. The van der Waals surface area contributed by atoms with Gasteiger partial charge in [-0.2, -0.15) is 0 Å². The van der Waals surface area contributed by atoms with Crippen molar-refractivity contribution < 1.29 is 9.21 Å². The fourth-order valence-electron chi connectivity index (χ4n) is 3.20. The molecule has 1 fully saturated rings. The van der Waals surface area contributed by atoms with E-state index in [0.717, 1.165) is 54.1 Å². The number of furan rings is 1. The molecule has 0 radical (unpaired) electrons. The van der Waals surface area contributed by atoms with E-state index in [2.05, 4.69) is 16.3 Å². The van der Waals surface area contributed by atoms with E-state index in [4.69, 9.17) is 16.0 Å². The first-order chi connectivity index (χ1) is 11.9. The van der Waals surface area contributed by atoms with E-state index in [-0.39, 0.29) is 12.1 Å². The van der Waals surface area contributed by atoms with Gasteiger partial charge in [0.15, 0.2) is 0 Å². The number of carbonyl (C=O) groups excluding carboxylic acids is 1. The molecule has 0 saturated carbocycles. The standard InChI is InChI=1S/C18H24ClN3O2S/c1-12-10-16(14(3)24-12)13(2)20-18(23)22-8-6-21(7-9-22)11-15-4-5-17(19)25-15/h4-5,10,13H,6-9,11H2,1-3H3,(H,20,23). The maximum atomic E-state index is 12.5. The Hall–Kier alpha value is -1.50. The summed E-state index contributed by atoms with van der Waals surface area (Å²) in [5, 5.41) is 3.08. The molecule has 3 heterocycles. The highest BCUT2D eigenvalue weighted by atomic mass is 35.5. The van der Waals surface area contributed by atoms with Gasteiger partial charge in [-0.25, -0.2) is 4.79 Å². The van der Waals surface area contributed by atoms with Crippen LogP contribution in [0.2, 0.25) is 4.34 Å². The van der Waals surface area contributed by atoms with Crippen LogP contribution >= 0.6 is 22.9 Å². The van der Waals surface area contributed by atoms with Crippen molar-refractivity contribution in [1.29, 1.82) is 0 Å². The molecule has 3 rings (SSSR count). The minimum Gasteiger partial charge on any atom is -0.466 e. The molecule has 1 atom stereocenters. The first-order valence-corrected chi connectivity index (χ1v) is 9.71. The quantitative estimate of drug-likeness (QED) is 0.863. The molecule has 0 aromatic carbocycles. The molecule has 1 saturated heterocycles. The third kappa shape index (κ3) is 4.57. The topological polar surface area (TPSA) is 48.7 Å². The van der Waals surface area contributed by atoms with Gasteiger partial charge in [0.05, 0.1) is 10.4 Å². The largest absolute Gasteiger partial charge is 0.466 e. The maximum Gasteiger partial charge on any atom is 0.317 e. The molecule has 0 bridgehead atoms. The normalized spacial score (nSPS) is 16.9. The van der Waals surface area contributed by atoms with Gasteiger partial charge >= 0.3 is 6.03 Å². The predicted octanol–water partition coefficient (Wildman–Crippen LogP) is 4.20. The van der Waals surface area contributed by atoms with Crippen molar-refractivity contribution >= 4 is 29.0 Å². The Morgan fingerprint density at radius 3 is 2.60 bits per heavy atom. The molecule has 136 valence electrons. The van der Waals surface area contributed by atoms with Crippen LogP contribution in [0.25, 0.3) is 0 Å². The van der Waals surface area contributed by atoms with Gasteiger partial charge in [0, 0.05) is 43.2 Å². The predicted molar refractivity (Wildman–Crippen MR) is 101 cm³/mol. The number of rotatable bonds is 4. The summed E-state index contributed by atoms with van der Waals surface area (Å²) in [6.45, 7) is 9.97. The highest BCUT2D eigenvalue weighted by Gasteiger charge is 2.23. The first-order valence-electron chi connectivity index (χ1n) is 8.51. The monoisotopic (exact) mass is 381 g/mol. The second kappa shape index (κ2) is 7.81. The second-order valence-corrected chi connectivity index (χ2v) is 8.31. The molecule has 2 amide bonds. The summed E-state index contributed by atoms with van der Waals surface area (Å²) >= 11 is 7.61. The van der Waals surface area contributed by atoms with Gasteiger partial charge in [-0.05, 0) is 39.0 Å². The number of hydrogen-bond donors (Lipinski definition) is 1. The van der Waals surface area contributed by atoms with Crippen molar-refractivity contribution in [1.82, 2.24) is 15.1 Å². The molecule has 0 spiro atoms. The van der Waals surface area contributed by atoms with Crippen LogP contribution in [-0.4, -0.2) is 42.0 Å². The van der Waals surface area contributed by atoms with Gasteiger partial charge in [0.25, 0.3) is 0 Å². The zero-order valence-corrected chi connectivity index (χ0v) is 16.4. The zero-order valence-electron chi connectivity index (χ0n) is 14.8. The number of hydrogen-bond acceptors (Lipinski definition) is 4. The average molecular weight is 382 g/mol. The summed E-state index contributed by atoms with van der Waals surface area (Å²) in [4.78, 5) is 18.0. The van der Waals surface area contributed by atoms with Crippen LogP contribution in [0.5, 0.6) is 0 Å². The van der Waals surface area contributed by atoms with E-state index in [1.165, 1.54) is 4.88 Å². The molecule has 25 heavy (non-hydrogen) atoms. The SMILES string of the molecule is Cc1cc(C(C)NC(=O)N2CCN(Cc3ccc(Cl)s3)CC2)c(C)o1. The lowest BCUT2D eigenvalue weighted by molar-refractivity contribution is 0.134. The van der Waals surface area contributed by atoms with Crippen molar-refractivity contribution in [3.05, 3.63) is 44.5 Å². The molecule has 1 aliphatic heterocycles. The number of urea groups is 1. The molecule has 1 N–H and O–H groups in total. The molecule has 1 unspecified atom stereocenters. The number of carbonyl (C=O) groups is 1. The van der Waals surface area contributed by atoms with E-state index in [1.54, 1.807) is 11.3 Å². The van der Waals surface area contributed by atoms with Crippen molar-refractivity contribution in [2.45, 2.75) is 33.4 Å². The van der Waals surface area contributed by atoms with E-state index in [9.17, 15) is 4.79 Å². The lowest BCUT2D eigenvalue weighted by Gasteiger charge is -2.35. The summed E-state index contributed by atoms with van der Waals surface area (Å²) in [6, 6.07) is 5.93. The Balaban J connectivity index is 1.48. The summed E-state index contributed by atoms with van der Waals surface area (Å²) in [6.07, 6.45) is 0. The van der Waals surface area contributed by atoms with E-state index in [0.29, 0.717) is 0 Å². The van der Waals surface area contributed by atoms with E-state index in [1.807, 2.05) is 37.8 Å². The highest BCUT2D eigenvalue weighted by molar-refractivity contribution is 7.16. The minimum absolute atomic E-state index is 0.00966. The number of halogens is 1. The molecule has 1 aliphatic rings. The van der Waals surface area contributed by atoms with Gasteiger partial charge in [-0.3, -0.25) is 4.90 Å². The molecular formula is C18H24ClN3O2S. The number of aryl methyl sites for hydroxylation is 2. The molecule has 0 aliphatic carbocycles. The Kier molecular flexibility index (Phi) is 5.71. The number of nitrogens with one attached hydrogen (secondary N) is 1. The summed E-state index contributed by atoms with van der Waals surface area (Å²) < 4.78 is 6.38. The third-order valence-corrected chi connectivity index (χ3v) is 5.77. The smallest absolute Gasteiger partial charge is 0.317 e. The van der Waals surface area contributed by atoms with Crippen molar-refractivity contribution in [3.8, 4) is 0 Å². The lowest BCUT2D eigenvalue weighted by atomic mass is 10.1. The van der Waals surface area contributed by atoms with Crippen LogP contribution in [0.15, 0.2) is 22.6 Å². The Morgan fingerprint density at radius 2 is 2.04 bits per heavy atom.